The van der Waals surface area contributed by atoms with Gasteiger partial charge in [-0.1, -0.05) is 42.5 Å². The number of carbonyl (C=O) groups is 1. The predicted molar refractivity (Wildman–Crippen MR) is 98.0 cm³/mol. The molecule has 2 N–H and O–H groups in total. The number of benzene rings is 2. The summed E-state index contributed by atoms with van der Waals surface area (Å²) in [6.07, 6.45) is 0.228. The molecule has 0 bridgehead atoms. The fourth-order valence-corrected chi connectivity index (χ4v) is 3.79. The highest BCUT2D eigenvalue weighted by molar-refractivity contribution is 9.10. The summed E-state index contributed by atoms with van der Waals surface area (Å²) in [7, 11) is 0. The largest absolute Gasteiger partial charge is 0.465 e. The van der Waals surface area contributed by atoms with Crippen molar-refractivity contribution in [3.8, 4) is 0 Å². The summed E-state index contributed by atoms with van der Waals surface area (Å²) >= 11 is 3.21. The molecular formula is C19H20BrFN2O2. The van der Waals surface area contributed by atoms with E-state index in [0.717, 1.165) is 18.5 Å². The number of rotatable bonds is 5. The van der Waals surface area contributed by atoms with E-state index in [9.17, 15) is 14.3 Å². The first-order valence-electron chi connectivity index (χ1n) is 8.26. The number of hydrogen-bond acceptors (Lipinski definition) is 2. The van der Waals surface area contributed by atoms with Crippen LogP contribution in [0.3, 0.4) is 0 Å². The van der Waals surface area contributed by atoms with Crippen LogP contribution in [0.15, 0.2) is 53.0 Å². The van der Waals surface area contributed by atoms with E-state index in [1.807, 2.05) is 30.3 Å². The first kappa shape index (κ1) is 17.9. The molecule has 1 aliphatic rings. The monoisotopic (exact) mass is 406 g/mol. The number of nitrogens with one attached hydrogen (secondary N) is 1. The van der Waals surface area contributed by atoms with Crippen molar-refractivity contribution in [2.24, 2.45) is 0 Å². The average molecular weight is 407 g/mol. The maximum absolute atomic E-state index is 14.3. The lowest BCUT2D eigenvalue weighted by Gasteiger charge is -2.31. The third kappa shape index (κ3) is 4.19. The van der Waals surface area contributed by atoms with Gasteiger partial charge in [0, 0.05) is 12.6 Å². The molecule has 25 heavy (non-hydrogen) atoms. The van der Waals surface area contributed by atoms with E-state index in [0.29, 0.717) is 23.0 Å². The molecule has 6 heteroatoms. The molecule has 0 aromatic heterocycles. The van der Waals surface area contributed by atoms with Gasteiger partial charge in [0.15, 0.2) is 0 Å². The summed E-state index contributed by atoms with van der Waals surface area (Å²) in [5.41, 5.74) is 1.54. The van der Waals surface area contributed by atoms with Crippen LogP contribution in [-0.4, -0.2) is 34.7 Å². The van der Waals surface area contributed by atoms with E-state index in [2.05, 4.69) is 21.2 Å². The van der Waals surface area contributed by atoms with Crippen LogP contribution >= 0.6 is 15.9 Å². The van der Waals surface area contributed by atoms with Crippen molar-refractivity contribution in [3.63, 3.8) is 0 Å². The molecule has 1 heterocycles. The van der Waals surface area contributed by atoms with Gasteiger partial charge in [-0.15, -0.1) is 0 Å². The van der Waals surface area contributed by atoms with Crippen molar-refractivity contribution in [2.45, 2.75) is 31.5 Å². The number of carboxylic acid groups (broad SMARTS) is 1. The summed E-state index contributed by atoms with van der Waals surface area (Å²) in [5, 5.41) is 13.0. The van der Waals surface area contributed by atoms with Crippen LogP contribution in [0.5, 0.6) is 0 Å². The Labute approximate surface area is 154 Å². The lowest BCUT2D eigenvalue weighted by atomic mass is 9.99. The number of amides is 1. The second-order valence-corrected chi connectivity index (χ2v) is 7.08. The molecule has 1 amide bonds. The Morgan fingerprint density at radius 2 is 2.00 bits per heavy atom. The van der Waals surface area contributed by atoms with Crippen molar-refractivity contribution in [2.75, 3.05) is 6.54 Å². The van der Waals surface area contributed by atoms with Crippen molar-refractivity contribution in [1.82, 2.24) is 10.2 Å². The predicted octanol–water partition coefficient (Wildman–Crippen LogP) is 4.04. The first-order chi connectivity index (χ1) is 12.1. The fourth-order valence-electron chi connectivity index (χ4n) is 3.38. The van der Waals surface area contributed by atoms with Gasteiger partial charge in [-0.05, 0) is 52.5 Å². The van der Waals surface area contributed by atoms with Gasteiger partial charge in [-0.2, -0.15) is 0 Å². The van der Waals surface area contributed by atoms with Gasteiger partial charge >= 0.3 is 6.09 Å². The number of nitrogens with zero attached hydrogens (tertiary/aromatic N) is 1. The minimum atomic E-state index is -0.947. The summed E-state index contributed by atoms with van der Waals surface area (Å²) in [6, 6.07) is 14.5. The highest BCUT2D eigenvalue weighted by atomic mass is 79.9. The first-order valence-corrected chi connectivity index (χ1v) is 9.05. The number of halogens is 2. The van der Waals surface area contributed by atoms with Gasteiger partial charge in [0.2, 0.25) is 0 Å². The Bertz CT molecular complexity index is 741. The van der Waals surface area contributed by atoms with Gasteiger partial charge in [0.05, 0.1) is 10.5 Å². The summed E-state index contributed by atoms with van der Waals surface area (Å²) in [5.74, 6) is -0.278. The van der Waals surface area contributed by atoms with E-state index in [-0.39, 0.29) is 17.9 Å². The Balaban J connectivity index is 1.78. The maximum atomic E-state index is 14.3. The van der Waals surface area contributed by atoms with Crippen LogP contribution in [0.1, 0.15) is 17.5 Å². The topological polar surface area (TPSA) is 52.6 Å². The Morgan fingerprint density at radius 1 is 1.24 bits per heavy atom. The molecule has 0 radical (unpaired) electrons. The van der Waals surface area contributed by atoms with Gasteiger partial charge in [-0.25, -0.2) is 9.18 Å². The molecule has 2 atom stereocenters. The summed E-state index contributed by atoms with van der Waals surface area (Å²) in [6.45, 7) is 1.06. The van der Waals surface area contributed by atoms with E-state index in [1.165, 1.54) is 4.90 Å². The number of hydrogen-bond donors (Lipinski definition) is 2. The van der Waals surface area contributed by atoms with Gasteiger partial charge in [0.1, 0.15) is 5.82 Å². The van der Waals surface area contributed by atoms with E-state index in [1.54, 1.807) is 18.2 Å². The normalized spacial score (nSPS) is 19.8. The van der Waals surface area contributed by atoms with Crippen molar-refractivity contribution < 1.29 is 14.3 Å². The molecule has 1 saturated heterocycles. The van der Waals surface area contributed by atoms with E-state index >= 15 is 0 Å². The molecule has 1 aliphatic heterocycles. The molecule has 2 aromatic rings. The van der Waals surface area contributed by atoms with Crippen molar-refractivity contribution in [1.29, 1.82) is 0 Å². The SMILES string of the molecule is O=C(O)N(Cc1ccccc1)[C@H]1CCN[C@H]1Cc1cccc(Br)c1F. The molecule has 4 nitrogen and oxygen atoms in total. The van der Waals surface area contributed by atoms with Crippen LogP contribution in [0.25, 0.3) is 0 Å². The van der Waals surface area contributed by atoms with Gasteiger partial charge < -0.3 is 10.4 Å². The van der Waals surface area contributed by atoms with Crippen LogP contribution in [0.2, 0.25) is 0 Å². The molecule has 3 rings (SSSR count). The standard InChI is InChI=1S/C19H20BrFN2O2/c20-15-8-4-7-14(18(15)21)11-16-17(9-10-22-16)23(19(24)25)12-13-5-2-1-3-6-13/h1-8,16-17,22H,9-12H2,(H,24,25)/t16-,17-/m0/s1. The molecule has 1 fully saturated rings. The van der Waals surface area contributed by atoms with Gasteiger partial charge in [0.25, 0.3) is 0 Å². The Hall–Kier alpha value is -1.92. The minimum Gasteiger partial charge on any atom is -0.465 e. The molecule has 2 aromatic carbocycles. The fraction of sp³-hybridized carbons (Fsp3) is 0.316. The zero-order chi connectivity index (χ0) is 17.8. The second kappa shape index (κ2) is 7.97. The zero-order valence-electron chi connectivity index (χ0n) is 13.7. The summed E-state index contributed by atoms with van der Waals surface area (Å²) < 4.78 is 14.7. The molecule has 0 unspecified atom stereocenters. The second-order valence-electron chi connectivity index (χ2n) is 6.23. The van der Waals surface area contributed by atoms with Gasteiger partial charge in [-0.3, -0.25) is 4.90 Å². The third-order valence-corrected chi connectivity index (χ3v) is 5.24. The minimum absolute atomic E-state index is 0.108. The Morgan fingerprint density at radius 3 is 2.72 bits per heavy atom. The molecule has 0 spiro atoms. The lowest BCUT2D eigenvalue weighted by molar-refractivity contribution is 0.115. The van der Waals surface area contributed by atoms with E-state index < -0.39 is 6.09 Å². The highest BCUT2D eigenvalue weighted by Gasteiger charge is 2.35. The third-order valence-electron chi connectivity index (χ3n) is 4.62. The Kier molecular flexibility index (Phi) is 5.71. The van der Waals surface area contributed by atoms with Crippen molar-refractivity contribution in [3.05, 3.63) is 69.9 Å². The van der Waals surface area contributed by atoms with Crippen molar-refractivity contribution >= 4 is 22.0 Å². The molecule has 0 saturated carbocycles. The van der Waals surface area contributed by atoms with Crippen LogP contribution in [0.4, 0.5) is 9.18 Å². The highest BCUT2D eigenvalue weighted by Crippen LogP contribution is 2.25. The summed E-state index contributed by atoms with van der Waals surface area (Å²) in [4.78, 5) is 13.3. The molecule has 0 aliphatic carbocycles. The lowest BCUT2D eigenvalue weighted by Crippen LogP contribution is -2.47. The molecular weight excluding hydrogens is 387 g/mol. The van der Waals surface area contributed by atoms with Crippen LogP contribution < -0.4 is 5.32 Å². The quantitative estimate of drug-likeness (QED) is 0.787. The van der Waals surface area contributed by atoms with Crippen LogP contribution in [-0.2, 0) is 13.0 Å². The van der Waals surface area contributed by atoms with Crippen LogP contribution in [0, 0.1) is 5.82 Å². The zero-order valence-corrected chi connectivity index (χ0v) is 15.2. The maximum Gasteiger partial charge on any atom is 0.407 e. The molecule has 132 valence electrons. The average Bonchev–Trinajstić information content (AvgIpc) is 3.05. The smallest absolute Gasteiger partial charge is 0.407 e. The van der Waals surface area contributed by atoms with E-state index in [4.69, 9.17) is 0 Å².